The highest BCUT2D eigenvalue weighted by Gasteiger charge is 2.32. The van der Waals surface area contributed by atoms with Gasteiger partial charge >= 0.3 is 0 Å². The highest BCUT2D eigenvalue weighted by atomic mass is 19.2. The van der Waals surface area contributed by atoms with E-state index in [0.29, 0.717) is 12.1 Å². The van der Waals surface area contributed by atoms with Gasteiger partial charge in [-0.3, -0.25) is 14.9 Å². The number of carbonyl (C=O) groups excluding carboxylic acids is 1. The summed E-state index contributed by atoms with van der Waals surface area (Å²) in [7, 11) is 0. The quantitative estimate of drug-likeness (QED) is 0.530. The molecule has 3 N–H and O–H groups in total. The Hall–Kier alpha value is -2.13. The van der Waals surface area contributed by atoms with E-state index < -0.39 is 52.5 Å². The third-order valence-corrected chi connectivity index (χ3v) is 3.14. The van der Waals surface area contributed by atoms with Gasteiger partial charge in [0, 0.05) is 0 Å². The van der Waals surface area contributed by atoms with Crippen molar-refractivity contribution in [3.05, 3.63) is 39.4 Å². The van der Waals surface area contributed by atoms with Gasteiger partial charge in [-0.05, 0) is 12.5 Å². The summed E-state index contributed by atoms with van der Waals surface area (Å²) in [4.78, 5) is 21.8. The smallest absolute Gasteiger partial charge is 0.285 e. The van der Waals surface area contributed by atoms with Crippen LogP contribution >= 0.6 is 0 Å². The van der Waals surface area contributed by atoms with Crippen LogP contribution in [0.15, 0.2) is 12.1 Å². The highest BCUT2D eigenvalue weighted by Crippen LogP contribution is 2.23. The Kier molecular flexibility index (Phi) is 5.28. The third kappa shape index (κ3) is 3.50. The molecule has 0 heterocycles. The fourth-order valence-corrected chi connectivity index (χ4v) is 1.62. The minimum absolute atomic E-state index is 0.128. The Labute approximate surface area is 118 Å². The first kappa shape index (κ1) is 16.9. The summed E-state index contributed by atoms with van der Waals surface area (Å²) in [5.41, 5.74) is -3.01. The lowest BCUT2D eigenvalue weighted by Crippen LogP contribution is -2.53. The molecule has 1 rings (SSSR count). The second-order valence-electron chi connectivity index (χ2n) is 4.44. The predicted molar refractivity (Wildman–Crippen MR) is 67.7 cm³/mol. The summed E-state index contributed by atoms with van der Waals surface area (Å²) < 4.78 is 26.2. The average molecular weight is 304 g/mol. The number of aliphatic hydroxyl groups excluding tert-OH is 2. The minimum Gasteiger partial charge on any atom is -0.394 e. The van der Waals surface area contributed by atoms with Crippen molar-refractivity contribution in [2.24, 2.45) is 0 Å². The molecule has 0 aliphatic rings. The molecule has 0 aromatic heterocycles. The predicted octanol–water partition coefficient (Wildman–Crippen LogP) is 0.736. The van der Waals surface area contributed by atoms with Crippen LogP contribution in [0.25, 0.3) is 0 Å². The Morgan fingerprint density at radius 2 is 1.86 bits per heavy atom. The number of carbonyl (C=O) groups is 1. The van der Waals surface area contributed by atoms with Crippen LogP contribution in [0.5, 0.6) is 0 Å². The minimum atomic E-state index is -1.45. The molecule has 0 saturated heterocycles. The second-order valence-corrected chi connectivity index (χ2v) is 4.44. The summed E-state index contributed by atoms with van der Waals surface area (Å²) in [5, 5.41) is 31.4. The van der Waals surface area contributed by atoms with Gasteiger partial charge in [0.25, 0.3) is 11.6 Å². The molecule has 0 radical (unpaired) electrons. The summed E-state index contributed by atoms with van der Waals surface area (Å²) >= 11 is 0. The molecule has 0 aliphatic carbocycles. The molecule has 0 unspecified atom stereocenters. The van der Waals surface area contributed by atoms with Gasteiger partial charge in [0.1, 0.15) is 5.56 Å². The van der Waals surface area contributed by atoms with E-state index in [9.17, 15) is 33.9 Å². The monoisotopic (exact) mass is 304 g/mol. The maximum absolute atomic E-state index is 13.2. The highest BCUT2D eigenvalue weighted by molar-refractivity contribution is 5.98. The average Bonchev–Trinajstić information content (AvgIpc) is 2.46. The topological polar surface area (TPSA) is 113 Å². The van der Waals surface area contributed by atoms with E-state index in [1.165, 1.54) is 0 Å². The van der Waals surface area contributed by atoms with Crippen molar-refractivity contribution in [2.75, 3.05) is 13.2 Å². The Morgan fingerprint density at radius 1 is 1.33 bits per heavy atom. The molecule has 0 fully saturated rings. The van der Waals surface area contributed by atoms with Gasteiger partial charge in [-0.25, -0.2) is 8.78 Å². The molecule has 0 aliphatic heterocycles. The summed E-state index contributed by atoms with van der Waals surface area (Å²) in [5.74, 6) is -3.96. The van der Waals surface area contributed by atoms with E-state index in [1.807, 2.05) is 0 Å². The summed E-state index contributed by atoms with van der Waals surface area (Å²) in [6.45, 7) is 0.318. The van der Waals surface area contributed by atoms with Gasteiger partial charge in [0.2, 0.25) is 0 Å². The number of hydrogen-bond donors (Lipinski definition) is 3. The number of nitro groups is 1. The van der Waals surface area contributed by atoms with Crippen LogP contribution in [-0.4, -0.2) is 39.8 Å². The van der Waals surface area contributed by atoms with Gasteiger partial charge in [-0.1, -0.05) is 6.92 Å². The lowest BCUT2D eigenvalue weighted by atomic mass is 9.97. The van der Waals surface area contributed by atoms with E-state index in [-0.39, 0.29) is 6.42 Å². The molecule has 0 saturated carbocycles. The molecular weight excluding hydrogens is 290 g/mol. The first-order valence-corrected chi connectivity index (χ1v) is 5.98. The molecule has 9 heteroatoms. The number of benzene rings is 1. The van der Waals surface area contributed by atoms with Crippen molar-refractivity contribution in [1.29, 1.82) is 0 Å². The zero-order valence-corrected chi connectivity index (χ0v) is 11.1. The van der Waals surface area contributed by atoms with Crippen LogP contribution in [0.4, 0.5) is 14.5 Å². The molecule has 7 nitrogen and oxygen atoms in total. The van der Waals surface area contributed by atoms with Gasteiger partial charge in [0.15, 0.2) is 11.6 Å². The molecule has 21 heavy (non-hydrogen) atoms. The standard InChI is InChI=1S/C12H14F2N2O5/c1-2-12(5-17,6-18)15-11(19)7-3-8(13)9(14)4-10(7)16(20)21/h3-4,17-18H,2,5-6H2,1H3,(H,15,19). The molecule has 116 valence electrons. The largest absolute Gasteiger partial charge is 0.394 e. The van der Waals surface area contributed by atoms with Crippen LogP contribution in [-0.2, 0) is 0 Å². The number of rotatable bonds is 6. The molecule has 0 bridgehead atoms. The van der Waals surface area contributed by atoms with Gasteiger partial charge in [-0.2, -0.15) is 0 Å². The van der Waals surface area contributed by atoms with Crippen LogP contribution in [0, 0.1) is 21.7 Å². The molecular formula is C12H14F2N2O5. The van der Waals surface area contributed by atoms with Crippen molar-refractivity contribution >= 4 is 11.6 Å². The number of nitrogens with zero attached hydrogens (tertiary/aromatic N) is 1. The number of nitro benzene ring substituents is 1. The van der Waals surface area contributed by atoms with Crippen molar-refractivity contribution in [1.82, 2.24) is 5.32 Å². The zero-order valence-electron chi connectivity index (χ0n) is 11.1. The molecule has 0 spiro atoms. The first-order valence-electron chi connectivity index (χ1n) is 5.98. The molecule has 1 amide bonds. The number of nitrogens with one attached hydrogen (secondary N) is 1. The number of amides is 1. The van der Waals surface area contributed by atoms with Crippen molar-refractivity contribution in [2.45, 2.75) is 18.9 Å². The van der Waals surface area contributed by atoms with Crippen molar-refractivity contribution < 1.29 is 28.7 Å². The SMILES string of the molecule is CCC(CO)(CO)NC(=O)c1cc(F)c(F)cc1[N+](=O)[O-]. The normalized spacial score (nSPS) is 11.3. The van der Waals surface area contributed by atoms with Gasteiger partial charge < -0.3 is 15.5 Å². The van der Waals surface area contributed by atoms with E-state index in [0.717, 1.165) is 0 Å². The first-order chi connectivity index (χ1) is 9.80. The van der Waals surface area contributed by atoms with E-state index in [4.69, 9.17) is 0 Å². The maximum Gasteiger partial charge on any atom is 0.285 e. The number of aliphatic hydroxyl groups is 2. The summed E-state index contributed by atoms with van der Waals surface area (Å²) in [6.07, 6.45) is 0.128. The Balaban J connectivity index is 3.24. The van der Waals surface area contributed by atoms with Gasteiger partial charge in [-0.15, -0.1) is 0 Å². The number of halogens is 2. The third-order valence-electron chi connectivity index (χ3n) is 3.14. The van der Waals surface area contributed by atoms with E-state index >= 15 is 0 Å². The van der Waals surface area contributed by atoms with Crippen LogP contribution in [0.3, 0.4) is 0 Å². The van der Waals surface area contributed by atoms with Gasteiger partial charge in [0.05, 0.1) is 29.7 Å². The molecule has 1 aromatic carbocycles. The van der Waals surface area contributed by atoms with E-state index in [2.05, 4.69) is 5.32 Å². The van der Waals surface area contributed by atoms with Crippen molar-refractivity contribution in [3.8, 4) is 0 Å². The van der Waals surface area contributed by atoms with E-state index in [1.54, 1.807) is 6.92 Å². The molecule has 1 aromatic rings. The summed E-state index contributed by atoms with van der Waals surface area (Å²) in [6, 6.07) is 0.702. The molecule has 0 atom stereocenters. The van der Waals surface area contributed by atoms with Crippen LogP contribution in [0.2, 0.25) is 0 Å². The fraction of sp³-hybridized carbons (Fsp3) is 0.417. The Bertz CT molecular complexity index is 553. The maximum atomic E-state index is 13.2. The lowest BCUT2D eigenvalue weighted by molar-refractivity contribution is -0.385. The second kappa shape index (κ2) is 6.55. The van der Waals surface area contributed by atoms with Crippen molar-refractivity contribution in [3.63, 3.8) is 0 Å². The lowest BCUT2D eigenvalue weighted by Gasteiger charge is -2.29. The number of hydrogen-bond acceptors (Lipinski definition) is 5. The fourth-order valence-electron chi connectivity index (χ4n) is 1.62. The van der Waals surface area contributed by atoms with Crippen LogP contribution < -0.4 is 5.32 Å². The van der Waals surface area contributed by atoms with Crippen LogP contribution in [0.1, 0.15) is 23.7 Å². The zero-order chi connectivity index (χ0) is 16.2. The Morgan fingerprint density at radius 3 is 2.29 bits per heavy atom.